The van der Waals surface area contributed by atoms with Crippen LogP contribution >= 0.6 is 0 Å². The molecule has 0 aliphatic heterocycles. The normalized spacial score (nSPS) is 11.5. The molecule has 0 unspecified atom stereocenters. The van der Waals surface area contributed by atoms with E-state index >= 15 is 0 Å². The average Bonchev–Trinajstić information content (AvgIpc) is 2.69. The lowest BCUT2D eigenvalue weighted by Crippen LogP contribution is -2.31. The van der Waals surface area contributed by atoms with Crippen molar-refractivity contribution in [3.8, 4) is 0 Å². The van der Waals surface area contributed by atoms with E-state index in [1.54, 1.807) is 36.4 Å². The molecule has 146 valence electrons. The molecule has 0 aliphatic carbocycles. The molecule has 0 fully saturated rings. The van der Waals surface area contributed by atoms with Crippen molar-refractivity contribution in [1.29, 1.82) is 0 Å². The molecule has 0 radical (unpaired) electrons. The van der Waals surface area contributed by atoms with Crippen molar-refractivity contribution in [2.24, 2.45) is 0 Å². The molecule has 3 aromatic rings. The first-order valence-corrected chi connectivity index (χ1v) is 10.4. The summed E-state index contributed by atoms with van der Waals surface area (Å²) in [6, 6.07) is 18.8. The molecule has 0 bridgehead atoms. The molecule has 0 heterocycles. The van der Waals surface area contributed by atoms with Gasteiger partial charge in [-0.25, -0.2) is 17.5 Å². The molecule has 0 atom stereocenters. The predicted molar refractivity (Wildman–Crippen MR) is 107 cm³/mol. The van der Waals surface area contributed by atoms with Crippen molar-refractivity contribution in [3.63, 3.8) is 0 Å². The number of carbonyl (C=O) groups is 1. The van der Waals surface area contributed by atoms with Crippen molar-refractivity contribution >= 4 is 26.7 Å². The van der Waals surface area contributed by atoms with E-state index in [1.807, 2.05) is 24.3 Å². The molecule has 0 saturated carbocycles. The smallest absolute Gasteiger partial charge is 0.240 e. The second-order valence-corrected chi connectivity index (χ2v) is 8.12. The third kappa shape index (κ3) is 5.15. The van der Waals surface area contributed by atoms with Crippen LogP contribution in [0.2, 0.25) is 0 Å². The highest BCUT2D eigenvalue weighted by Crippen LogP contribution is 2.18. The minimum absolute atomic E-state index is 0.00405. The van der Waals surface area contributed by atoms with Gasteiger partial charge in [-0.15, -0.1) is 0 Å². The molecule has 7 heteroatoms. The summed E-state index contributed by atoms with van der Waals surface area (Å²) in [6.07, 6.45) is 0.380. The van der Waals surface area contributed by atoms with Crippen molar-refractivity contribution in [2.75, 3.05) is 13.1 Å². The van der Waals surface area contributed by atoms with E-state index in [9.17, 15) is 17.6 Å². The molecule has 0 aliphatic rings. The number of nitrogens with one attached hydrogen (secondary N) is 2. The van der Waals surface area contributed by atoms with Gasteiger partial charge in [0.25, 0.3) is 0 Å². The number of fused-ring (bicyclic) bond motifs is 1. The first-order chi connectivity index (χ1) is 13.5. The summed E-state index contributed by atoms with van der Waals surface area (Å²) in [4.78, 5) is 12.0. The molecule has 28 heavy (non-hydrogen) atoms. The molecule has 2 N–H and O–H groups in total. The first-order valence-electron chi connectivity index (χ1n) is 8.94. The Morgan fingerprint density at radius 1 is 0.893 bits per heavy atom. The molecule has 5 nitrogen and oxygen atoms in total. The van der Waals surface area contributed by atoms with Crippen LogP contribution in [0.4, 0.5) is 4.39 Å². The summed E-state index contributed by atoms with van der Waals surface area (Å²) < 4.78 is 40.8. The molecule has 0 aromatic heterocycles. The van der Waals surface area contributed by atoms with Crippen molar-refractivity contribution in [3.05, 3.63) is 78.1 Å². The van der Waals surface area contributed by atoms with Gasteiger partial charge in [-0.1, -0.05) is 48.5 Å². The minimum atomic E-state index is -3.70. The Balaban J connectivity index is 1.47. The zero-order valence-electron chi connectivity index (χ0n) is 15.2. The Bertz CT molecular complexity index is 1080. The van der Waals surface area contributed by atoms with Gasteiger partial charge in [-0.05, 0) is 41.0 Å². The summed E-state index contributed by atoms with van der Waals surface area (Å²) in [7, 11) is -3.70. The largest absolute Gasteiger partial charge is 0.356 e. The Hall–Kier alpha value is -2.77. The summed E-state index contributed by atoms with van der Waals surface area (Å²) >= 11 is 0. The first kappa shape index (κ1) is 20.0. The van der Waals surface area contributed by atoms with E-state index in [-0.39, 0.29) is 36.1 Å². The van der Waals surface area contributed by atoms with Crippen LogP contribution in [-0.2, 0) is 21.2 Å². The lowest BCUT2D eigenvalue weighted by molar-refractivity contribution is -0.120. The number of hydrogen-bond acceptors (Lipinski definition) is 3. The van der Waals surface area contributed by atoms with E-state index in [0.29, 0.717) is 12.0 Å². The number of sulfonamides is 1. The number of amides is 1. The number of hydrogen-bond donors (Lipinski definition) is 2. The standard InChI is InChI=1S/C21H21FN2O3S/c22-20-8-4-3-6-17(20)11-13-23-21(25)12-14-24-28(26,27)19-10-9-16-5-1-2-7-18(16)15-19/h1-10,15,24H,11-14H2,(H,23,25). The van der Waals surface area contributed by atoms with Crippen LogP contribution in [0.5, 0.6) is 0 Å². The van der Waals surface area contributed by atoms with Gasteiger partial charge in [0.15, 0.2) is 0 Å². The van der Waals surface area contributed by atoms with Gasteiger partial charge in [0, 0.05) is 19.5 Å². The van der Waals surface area contributed by atoms with Gasteiger partial charge < -0.3 is 5.32 Å². The van der Waals surface area contributed by atoms with Gasteiger partial charge in [-0.3, -0.25) is 4.79 Å². The Kier molecular flexibility index (Phi) is 6.38. The number of benzene rings is 3. The molecule has 3 aromatic carbocycles. The topological polar surface area (TPSA) is 75.3 Å². The van der Waals surface area contributed by atoms with Gasteiger partial charge in [-0.2, -0.15) is 0 Å². The quantitative estimate of drug-likeness (QED) is 0.610. The maximum Gasteiger partial charge on any atom is 0.240 e. The van der Waals surface area contributed by atoms with Crippen LogP contribution < -0.4 is 10.0 Å². The predicted octanol–water partition coefficient (Wildman–Crippen LogP) is 3.01. The summed E-state index contributed by atoms with van der Waals surface area (Å²) in [5, 5.41) is 4.45. The highest BCUT2D eigenvalue weighted by molar-refractivity contribution is 7.89. The fraction of sp³-hybridized carbons (Fsp3) is 0.190. The maximum atomic E-state index is 13.5. The number of halogens is 1. The van der Waals surface area contributed by atoms with Crippen LogP contribution in [0.3, 0.4) is 0 Å². The Labute approximate surface area is 163 Å². The molecular formula is C21H21FN2O3S. The summed E-state index contributed by atoms with van der Waals surface area (Å²) in [5.41, 5.74) is 0.528. The number of carbonyl (C=O) groups excluding carboxylic acids is 1. The Morgan fingerprint density at radius 3 is 2.39 bits per heavy atom. The van der Waals surface area contributed by atoms with E-state index in [2.05, 4.69) is 10.0 Å². The number of rotatable bonds is 8. The van der Waals surface area contributed by atoms with Crippen LogP contribution in [0.15, 0.2) is 71.6 Å². The minimum Gasteiger partial charge on any atom is -0.356 e. The lowest BCUT2D eigenvalue weighted by Gasteiger charge is -2.09. The van der Waals surface area contributed by atoms with Gasteiger partial charge in [0.1, 0.15) is 5.82 Å². The van der Waals surface area contributed by atoms with Crippen LogP contribution in [0.25, 0.3) is 10.8 Å². The van der Waals surface area contributed by atoms with Crippen molar-refractivity contribution in [2.45, 2.75) is 17.7 Å². The lowest BCUT2D eigenvalue weighted by atomic mass is 10.1. The molecule has 3 rings (SSSR count). The van der Waals surface area contributed by atoms with Crippen molar-refractivity contribution < 1.29 is 17.6 Å². The maximum absolute atomic E-state index is 13.5. The highest BCUT2D eigenvalue weighted by atomic mass is 32.2. The second-order valence-electron chi connectivity index (χ2n) is 6.35. The molecular weight excluding hydrogens is 379 g/mol. The molecule has 1 amide bonds. The monoisotopic (exact) mass is 400 g/mol. The second kappa shape index (κ2) is 8.95. The van der Waals surface area contributed by atoms with Crippen LogP contribution in [0.1, 0.15) is 12.0 Å². The van der Waals surface area contributed by atoms with Crippen molar-refractivity contribution in [1.82, 2.24) is 10.0 Å². The van der Waals surface area contributed by atoms with Gasteiger partial charge in [0.05, 0.1) is 4.90 Å². The van der Waals surface area contributed by atoms with E-state index in [0.717, 1.165) is 10.8 Å². The van der Waals surface area contributed by atoms with E-state index in [1.165, 1.54) is 6.07 Å². The van der Waals surface area contributed by atoms with E-state index in [4.69, 9.17) is 0 Å². The molecule has 0 saturated heterocycles. The SMILES string of the molecule is O=C(CCNS(=O)(=O)c1ccc2ccccc2c1)NCCc1ccccc1F. The van der Waals surface area contributed by atoms with Crippen LogP contribution in [0, 0.1) is 5.82 Å². The summed E-state index contributed by atoms with van der Waals surface area (Å²) in [5.74, 6) is -0.600. The zero-order valence-corrected chi connectivity index (χ0v) is 16.0. The van der Waals surface area contributed by atoms with Gasteiger partial charge >= 0.3 is 0 Å². The fourth-order valence-electron chi connectivity index (χ4n) is 2.84. The highest BCUT2D eigenvalue weighted by Gasteiger charge is 2.14. The summed E-state index contributed by atoms with van der Waals surface area (Å²) in [6.45, 7) is 0.276. The van der Waals surface area contributed by atoms with E-state index < -0.39 is 10.0 Å². The Morgan fingerprint density at radius 2 is 1.61 bits per heavy atom. The fourth-order valence-corrected chi connectivity index (χ4v) is 3.91. The molecule has 0 spiro atoms. The average molecular weight is 400 g/mol. The third-order valence-corrected chi connectivity index (χ3v) is 5.81. The zero-order chi connectivity index (χ0) is 20.0. The third-order valence-electron chi connectivity index (χ3n) is 4.35. The van der Waals surface area contributed by atoms with Gasteiger partial charge in [0.2, 0.25) is 15.9 Å². The van der Waals surface area contributed by atoms with Crippen LogP contribution in [-0.4, -0.2) is 27.4 Å².